The van der Waals surface area contributed by atoms with Gasteiger partial charge in [-0.15, -0.1) is 0 Å². The molecule has 19 heavy (non-hydrogen) atoms. The van der Waals surface area contributed by atoms with Gasteiger partial charge in [0, 0.05) is 22.5 Å². The molecule has 0 atom stereocenters. The number of aliphatic hydroxyl groups excluding tert-OH is 1. The van der Waals surface area contributed by atoms with Crippen LogP contribution in [-0.2, 0) is 6.61 Å². The van der Waals surface area contributed by atoms with Crippen molar-refractivity contribution in [2.75, 3.05) is 0 Å². The van der Waals surface area contributed by atoms with Gasteiger partial charge in [0.25, 0.3) is 5.56 Å². The van der Waals surface area contributed by atoms with Crippen LogP contribution in [0, 0.1) is 0 Å². The first-order valence-corrected chi connectivity index (χ1v) is 6.05. The Morgan fingerprint density at radius 2 is 2.00 bits per heavy atom. The predicted octanol–water partition coefficient (Wildman–Crippen LogP) is 1.93. The lowest BCUT2D eigenvalue weighted by molar-refractivity contribution is 0.280. The Morgan fingerprint density at radius 3 is 2.84 bits per heavy atom. The van der Waals surface area contributed by atoms with E-state index in [0.29, 0.717) is 5.56 Å². The van der Waals surface area contributed by atoms with Crippen LogP contribution in [0.5, 0.6) is 0 Å². The number of aliphatic hydroxyl groups is 1. The van der Waals surface area contributed by atoms with Gasteiger partial charge in [0.1, 0.15) is 0 Å². The molecule has 4 rings (SSSR count). The highest BCUT2D eigenvalue weighted by atomic mass is 16.3. The fraction of sp³-hybridized carbons (Fsp3) is 0.0667. The Hall–Kier alpha value is -2.46. The third-order valence-corrected chi connectivity index (χ3v) is 3.57. The second kappa shape index (κ2) is 3.52. The molecule has 0 spiro atoms. The van der Waals surface area contributed by atoms with Gasteiger partial charge in [-0.2, -0.15) is 0 Å². The molecular weight excluding hydrogens is 240 g/mol. The quantitative estimate of drug-likeness (QED) is 0.561. The van der Waals surface area contributed by atoms with Crippen LogP contribution in [0.25, 0.3) is 27.3 Å². The van der Waals surface area contributed by atoms with Gasteiger partial charge < -0.3 is 5.11 Å². The van der Waals surface area contributed by atoms with Crippen molar-refractivity contribution in [2.45, 2.75) is 6.61 Å². The van der Waals surface area contributed by atoms with Gasteiger partial charge in [0.2, 0.25) is 0 Å². The summed E-state index contributed by atoms with van der Waals surface area (Å²) in [5.41, 5.74) is 2.61. The number of para-hydroxylation sites is 1. The molecule has 0 fully saturated rings. The molecule has 0 aliphatic rings. The van der Waals surface area contributed by atoms with Gasteiger partial charge in [-0.1, -0.05) is 18.2 Å². The normalized spacial score (nSPS) is 11.8. The molecule has 0 radical (unpaired) electrons. The lowest BCUT2D eigenvalue weighted by atomic mass is 10.1. The zero-order chi connectivity index (χ0) is 13.0. The number of fused-ring (bicyclic) bond motifs is 3. The van der Waals surface area contributed by atoms with Crippen LogP contribution in [0.15, 0.2) is 47.4 Å². The third kappa shape index (κ3) is 1.21. The summed E-state index contributed by atoms with van der Waals surface area (Å²) < 4.78 is 1.65. The van der Waals surface area contributed by atoms with Gasteiger partial charge >= 0.3 is 0 Å². The predicted molar refractivity (Wildman–Crippen MR) is 73.6 cm³/mol. The molecule has 0 aliphatic carbocycles. The third-order valence-electron chi connectivity index (χ3n) is 3.57. The first-order valence-electron chi connectivity index (χ1n) is 6.05. The number of aromatic nitrogens is 2. The van der Waals surface area contributed by atoms with Crippen molar-refractivity contribution < 1.29 is 5.11 Å². The Balaban J connectivity index is 2.47. The number of hydrogen-bond acceptors (Lipinski definition) is 3. The molecule has 1 N–H and O–H groups in total. The van der Waals surface area contributed by atoms with Crippen LogP contribution < -0.4 is 5.56 Å². The molecule has 0 unspecified atom stereocenters. The summed E-state index contributed by atoms with van der Waals surface area (Å²) in [6.45, 7) is -0.275. The van der Waals surface area contributed by atoms with E-state index in [9.17, 15) is 9.90 Å². The topological polar surface area (TPSA) is 54.6 Å². The van der Waals surface area contributed by atoms with Gasteiger partial charge in [-0.3, -0.25) is 14.2 Å². The molecule has 92 valence electrons. The van der Waals surface area contributed by atoms with Gasteiger partial charge in [0.05, 0.1) is 23.2 Å². The minimum atomic E-state index is -0.275. The average Bonchev–Trinajstić information content (AvgIpc) is 2.79. The van der Waals surface area contributed by atoms with Crippen LogP contribution in [0.1, 0.15) is 5.56 Å². The maximum atomic E-state index is 12.4. The summed E-state index contributed by atoms with van der Waals surface area (Å²) in [5.74, 6) is 0. The van der Waals surface area contributed by atoms with E-state index in [1.54, 1.807) is 16.7 Å². The van der Waals surface area contributed by atoms with Crippen LogP contribution in [0.4, 0.5) is 0 Å². The molecule has 4 nitrogen and oxygen atoms in total. The van der Waals surface area contributed by atoms with Gasteiger partial charge in [0.15, 0.2) is 0 Å². The highest BCUT2D eigenvalue weighted by Gasteiger charge is 2.15. The summed E-state index contributed by atoms with van der Waals surface area (Å²) in [7, 11) is 0. The molecule has 0 bridgehead atoms. The Morgan fingerprint density at radius 1 is 1.16 bits per heavy atom. The maximum absolute atomic E-state index is 12.4. The minimum absolute atomic E-state index is 0.172. The zero-order valence-electron chi connectivity index (χ0n) is 10.00. The Bertz CT molecular complexity index is 972. The highest BCUT2D eigenvalue weighted by Crippen LogP contribution is 2.29. The number of nitrogens with zero attached hydrogens (tertiary/aromatic N) is 2. The standard InChI is InChI=1S/C15H10N2O2/c18-8-9-7-12-14-11(5-6-16-12)10-3-1-2-4-13(10)17(14)15(9)19/h1-7,18H,8H2. The van der Waals surface area contributed by atoms with E-state index in [1.807, 2.05) is 30.3 Å². The molecule has 4 heteroatoms. The summed E-state index contributed by atoms with van der Waals surface area (Å²) in [5, 5.41) is 11.4. The molecule has 0 aliphatic heterocycles. The first kappa shape index (κ1) is 10.5. The summed E-state index contributed by atoms with van der Waals surface area (Å²) in [6.07, 6.45) is 1.73. The second-order valence-corrected chi connectivity index (χ2v) is 4.58. The minimum Gasteiger partial charge on any atom is -0.391 e. The van der Waals surface area contributed by atoms with E-state index in [-0.39, 0.29) is 12.2 Å². The zero-order valence-corrected chi connectivity index (χ0v) is 10.00. The van der Waals surface area contributed by atoms with Crippen molar-refractivity contribution >= 4 is 27.3 Å². The molecule has 0 saturated heterocycles. The highest BCUT2D eigenvalue weighted by molar-refractivity contribution is 6.12. The summed E-state index contributed by atoms with van der Waals surface area (Å²) in [6, 6.07) is 11.4. The fourth-order valence-corrected chi connectivity index (χ4v) is 2.74. The van der Waals surface area contributed by atoms with Crippen molar-refractivity contribution in [1.82, 2.24) is 9.38 Å². The Kier molecular flexibility index (Phi) is 1.94. The van der Waals surface area contributed by atoms with Crippen molar-refractivity contribution in [3.63, 3.8) is 0 Å². The number of benzene rings is 1. The van der Waals surface area contributed by atoms with Crippen molar-refractivity contribution in [3.05, 3.63) is 58.5 Å². The molecule has 3 heterocycles. The monoisotopic (exact) mass is 250 g/mol. The Labute approximate surface area is 107 Å². The van der Waals surface area contributed by atoms with Crippen LogP contribution in [-0.4, -0.2) is 14.5 Å². The molecule has 1 aromatic carbocycles. The summed E-state index contributed by atoms with van der Waals surface area (Å²) in [4.78, 5) is 16.7. The lowest BCUT2D eigenvalue weighted by Crippen LogP contribution is -2.17. The smallest absolute Gasteiger partial charge is 0.261 e. The van der Waals surface area contributed by atoms with E-state index in [2.05, 4.69) is 4.98 Å². The summed E-state index contributed by atoms with van der Waals surface area (Å²) >= 11 is 0. The van der Waals surface area contributed by atoms with E-state index in [4.69, 9.17) is 0 Å². The van der Waals surface area contributed by atoms with E-state index < -0.39 is 0 Å². The number of hydrogen-bond donors (Lipinski definition) is 1. The van der Waals surface area contributed by atoms with E-state index in [1.165, 1.54) is 0 Å². The second-order valence-electron chi connectivity index (χ2n) is 4.58. The molecule has 4 aromatic rings. The van der Waals surface area contributed by atoms with Crippen molar-refractivity contribution in [2.24, 2.45) is 0 Å². The largest absolute Gasteiger partial charge is 0.391 e. The van der Waals surface area contributed by atoms with Crippen LogP contribution in [0.2, 0.25) is 0 Å². The molecule has 3 aromatic heterocycles. The van der Waals surface area contributed by atoms with Crippen molar-refractivity contribution in [1.29, 1.82) is 0 Å². The molecule has 0 saturated carbocycles. The van der Waals surface area contributed by atoms with Crippen LogP contribution in [0.3, 0.4) is 0 Å². The van der Waals surface area contributed by atoms with Gasteiger partial charge in [-0.25, -0.2) is 0 Å². The fourth-order valence-electron chi connectivity index (χ4n) is 2.74. The molecule has 0 amide bonds. The van der Waals surface area contributed by atoms with E-state index >= 15 is 0 Å². The van der Waals surface area contributed by atoms with Gasteiger partial charge in [-0.05, 0) is 18.2 Å². The number of pyridine rings is 2. The van der Waals surface area contributed by atoms with Crippen molar-refractivity contribution in [3.8, 4) is 0 Å². The molecular formula is C15H10N2O2. The maximum Gasteiger partial charge on any atom is 0.261 e. The number of rotatable bonds is 1. The lowest BCUT2D eigenvalue weighted by Gasteiger charge is -2.02. The van der Waals surface area contributed by atoms with E-state index in [0.717, 1.165) is 27.3 Å². The average molecular weight is 250 g/mol. The SMILES string of the molecule is O=c1c(CO)cc2nccc3c4ccccc4n1c23. The van der Waals surface area contributed by atoms with Crippen LogP contribution >= 0.6 is 0 Å². The first-order chi connectivity index (χ1) is 9.31.